The Kier molecular flexibility index (Phi) is 6.39. The van der Waals surface area contributed by atoms with Crippen molar-refractivity contribution in [1.82, 2.24) is 5.32 Å². The SMILES string of the molecule is C[C@H](N[C@H](C)c1ccccc1)C(=O)c1ccc(OCc2ccccc2)cc1. The second-order valence-corrected chi connectivity index (χ2v) is 6.68. The van der Waals surface area contributed by atoms with Crippen molar-refractivity contribution in [3.05, 3.63) is 102 Å². The van der Waals surface area contributed by atoms with Gasteiger partial charge in [0.1, 0.15) is 12.4 Å². The minimum atomic E-state index is -0.267. The number of hydrogen-bond donors (Lipinski definition) is 1. The maximum absolute atomic E-state index is 12.7. The van der Waals surface area contributed by atoms with Crippen LogP contribution in [0.4, 0.5) is 0 Å². The Labute approximate surface area is 161 Å². The third-order valence-corrected chi connectivity index (χ3v) is 4.58. The van der Waals surface area contributed by atoms with Crippen molar-refractivity contribution in [2.24, 2.45) is 0 Å². The highest BCUT2D eigenvalue weighted by Crippen LogP contribution is 2.17. The first-order valence-corrected chi connectivity index (χ1v) is 9.25. The Hall–Kier alpha value is -2.91. The predicted molar refractivity (Wildman–Crippen MR) is 109 cm³/mol. The number of nitrogens with one attached hydrogen (secondary N) is 1. The van der Waals surface area contributed by atoms with Crippen LogP contribution in [-0.4, -0.2) is 11.8 Å². The van der Waals surface area contributed by atoms with Crippen LogP contribution in [0.3, 0.4) is 0 Å². The number of hydrogen-bond acceptors (Lipinski definition) is 3. The lowest BCUT2D eigenvalue weighted by Crippen LogP contribution is -2.35. The molecule has 0 aliphatic carbocycles. The van der Waals surface area contributed by atoms with E-state index in [-0.39, 0.29) is 17.9 Å². The summed E-state index contributed by atoms with van der Waals surface area (Å²) >= 11 is 0. The number of benzene rings is 3. The molecule has 1 N–H and O–H groups in total. The highest BCUT2D eigenvalue weighted by Gasteiger charge is 2.17. The number of rotatable bonds is 8. The van der Waals surface area contributed by atoms with E-state index in [0.717, 1.165) is 11.3 Å². The molecule has 0 aliphatic rings. The molecule has 27 heavy (non-hydrogen) atoms. The van der Waals surface area contributed by atoms with Gasteiger partial charge in [0.2, 0.25) is 0 Å². The highest BCUT2D eigenvalue weighted by atomic mass is 16.5. The molecule has 0 spiro atoms. The van der Waals surface area contributed by atoms with Crippen LogP contribution >= 0.6 is 0 Å². The molecular weight excluding hydrogens is 334 g/mol. The zero-order chi connectivity index (χ0) is 19.1. The van der Waals surface area contributed by atoms with Gasteiger partial charge in [0.25, 0.3) is 0 Å². The Morgan fingerprint density at radius 1 is 0.852 bits per heavy atom. The van der Waals surface area contributed by atoms with Gasteiger partial charge in [-0.05, 0) is 49.2 Å². The van der Waals surface area contributed by atoms with E-state index < -0.39 is 0 Å². The van der Waals surface area contributed by atoms with Gasteiger partial charge in [0, 0.05) is 11.6 Å². The van der Waals surface area contributed by atoms with Gasteiger partial charge in [-0.15, -0.1) is 0 Å². The lowest BCUT2D eigenvalue weighted by molar-refractivity contribution is 0.0945. The summed E-state index contributed by atoms with van der Waals surface area (Å²) in [7, 11) is 0. The van der Waals surface area contributed by atoms with E-state index in [0.29, 0.717) is 12.2 Å². The molecule has 0 fully saturated rings. The van der Waals surface area contributed by atoms with Crippen LogP contribution < -0.4 is 10.1 Å². The van der Waals surface area contributed by atoms with Gasteiger partial charge >= 0.3 is 0 Å². The Morgan fingerprint density at radius 3 is 2.07 bits per heavy atom. The van der Waals surface area contributed by atoms with Crippen LogP contribution in [0.15, 0.2) is 84.9 Å². The molecule has 3 aromatic carbocycles. The maximum Gasteiger partial charge on any atom is 0.179 e. The van der Waals surface area contributed by atoms with Gasteiger partial charge in [-0.2, -0.15) is 0 Å². The first kappa shape index (κ1) is 18.9. The van der Waals surface area contributed by atoms with Gasteiger partial charge < -0.3 is 10.1 Å². The number of carbonyl (C=O) groups excluding carboxylic acids is 1. The van der Waals surface area contributed by atoms with Gasteiger partial charge in [-0.3, -0.25) is 4.79 Å². The summed E-state index contributed by atoms with van der Waals surface area (Å²) in [5.74, 6) is 0.834. The maximum atomic E-state index is 12.7. The van der Waals surface area contributed by atoms with E-state index in [1.54, 1.807) is 0 Å². The fraction of sp³-hybridized carbons (Fsp3) is 0.208. The Morgan fingerprint density at radius 2 is 1.44 bits per heavy atom. The Bertz CT molecular complexity index is 845. The van der Waals surface area contributed by atoms with Crippen molar-refractivity contribution in [3.63, 3.8) is 0 Å². The summed E-state index contributed by atoms with van der Waals surface area (Å²) in [4.78, 5) is 12.7. The fourth-order valence-corrected chi connectivity index (χ4v) is 2.99. The van der Waals surface area contributed by atoms with Crippen molar-refractivity contribution < 1.29 is 9.53 Å². The number of ether oxygens (including phenoxy) is 1. The number of ketones is 1. The van der Waals surface area contributed by atoms with Crippen LogP contribution in [0.25, 0.3) is 0 Å². The van der Waals surface area contributed by atoms with E-state index in [1.165, 1.54) is 5.56 Å². The third-order valence-electron chi connectivity index (χ3n) is 4.58. The molecule has 0 radical (unpaired) electrons. The monoisotopic (exact) mass is 359 g/mol. The molecule has 0 aromatic heterocycles. The van der Waals surface area contributed by atoms with Crippen molar-refractivity contribution in [1.29, 1.82) is 0 Å². The number of carbonyl (C=O) groups is 1. The second kappa shape index (κ2) is 9.15. The molecule has 2 atom stereocenters. The topological polar surface area (TPSA) is 38.3 Å². The number of Topliss-reactive ketones (excluding diaryl/α,β-unsaturated/α-hetero) is 1. The van der Waals surface area contributed by atoms with Crippen molar-refractivity contribution in [2.75, 3.05) is 0 Å². The first-order valence-electron chi connectivity index (χ1n) is 9.25. The molecule has 3 rings (SSSR count). The average Bonchev–Trinajstić information content (AvgIpc) is 2.73. The normalized spacial score (nSPS) is 13.0. The highest BCUT2D eigenvalue weighted by molar-refractivity contribution is 5.99. The summed E-state index contributed by atoms with van der Waals surface area (Å²) in [5.41, 5.74) is 2.97. The minimum absolute atomic E-state index is 0.0763. The second-order valence-electron chi connectivity index (χ2n) is 6.68. The fourth-order valence-electron chi connectivity index (χ4n) is 2.99. The van der Waals surface area contributed by atoms with Gasteiger partial charge in [0.15, 0.2) is 5.78 Å². The molecule has 0 amide bonds. The lowest BCUT2D eigenvalue weighted by Gasteiger charge is -2.19. The first-order chi connectivity index (χ1) is 13.1. The van der Waals surface area contributed by atoms with Crippen LogP contribution in [0.2, 0.25) is 0 Å². The van der Waals surface area contributed by atoms with E-state index in [9.17, 15) is 4.79 Å². The zero-order valence-electron chi connectivity index (χ0n) is 15.8. The molecule has 138 valence electrons. The van der Waals surface area contributed by atoms with E-state index in [2.05, 4.69) is 24.4 Å². The van der Waals surface area contributed by atoms with Crippen LogP contribution in [-0.2, 0) is 6.61 Å². The lowest BCUT2D eigenvalue weighted by atomic mass is 10.0. The summed E-state index contributed by atoms with van der Waals surface area (Å²) in [5, 5.41) is 3.37. The molecule has 0 aliphatic heterocycles. The molecule has 0 bridgehead atoms. The molecule has 3 aromatic rings. The summed E-state index contributed by atoms with van der Waals surface area (Å²) in [6, 6.07) is 27.4. The van der Waals surface area contributed by atoms with Crippen LogP contribution in [0.1, 0.15) is 41.4 Å². The van der Waals surface area contributed by atoms with E-state index in [4.69, 9.17) is 4.74 Å². The molecular formula is C24H25NO2. The molecule has 0 unspecified atom stereocenters. The van der Waals surface area contributed by atoms with Crippen molar-refractivity contribution in [2.45, 2.75) is 32.5 Å². The van der Waals surface area contributed by atoms with E-state index in [1.807, 2.05) is 79.7 Å². The largest absolute Gasteiger partial charge is 0.489 e. The minimum Gasteiger partial charge on any atom is -0.489 e. The van der Waals surface area contributed by atoms with Crippen molar-refractivity contribution in [3.8, 4) is 5.75 Å². The van der Waals surface area contributed by atoms with Crippen LogP contribution in [0.5, 0.6) is 5.75 Å². The summed E-state index contributed by atoms with van der Waals surface area (Å²) in [6.07, 6.45) is 0. The smallest absolute Gasteiger partial charge is 0.179 e. The van der Waals surface area contributed by atoms with Crippen molar-refractivity contribution >= 4 is 5.78 Å². The van der Waals surface area contributed by atoms with Gasteiger partial charge in [0.05, 0.1) is 6.04 Å². The summed E-state index contributed by atoms with van der Waals surface area (Å²) in [6.45, 7) is 4.49. The molecule has 0 saturated carbocycles. The molecule has 3 heteroatoms. The third kappa shape index (κ3) is 5.28. The standard InChI is InChI=1S/C24H25NO2/c1-18(21-11-7-4-8-12-21)25-19(2)24(26)22-13-15-23(16-14-22)27-17-20-9-5-3-6-10-20/h3-16,18-19,25H,17H2,1-2H3/t18-,19+/m1/s1. The Balaban J connectivity index is 1.56. The van der Waals surface area contributed by atoms with E-state index >= 15 is 0 Å². The zero-order valence-corrected chi connectivity index (χ0v) is 15.8. The molecule has 0 heterocycles. The predicted octanol–water partition coefficient (Wildman–Crippen LogP) is 5.19. The van der Waals surface area contributed by atoms with Gasteiger partial charge in [-0.1, -0.05) is 60.7 Å². The van der Waals surface area contributed by atoms with Gasteiger partial charge in [-0.25, -0.2) is 0 Å². The summed E-state index contributed by atoms with van der Waals surface area (Å²) < 4.78 is 5.78. The quantitative estimate of drug-likeness (QED) is 0.563. The van der Waals surface area contributed by atoms with Crippen LogP contribution in [0, 0.1) is 0 Å². The average molecular weight is 359 g/mol. The molecule has 3 nitrogen and oxygen atoms in total. The molecule has 0 saturated heterocycles.